The fourth-order valence-corrected chi connectivity index (χ4v) is 0.969. The third kappa shape index (κ3) is 1.79. The van der Waals surface area contributed by atoms with Crippen molar-refractivity contribution in [1.82, 2.24) is 9.91 Å². The molecule has 0 aromatic rings. The lowest BCUT2D eigenvalue weighted by atomic mass is 10.4. The molecule has 11 heavy (non-hydrogen) atoms. The van der Waals surface area contributed by atoms with E-state index in [2.05, 4.69) is 5.29 Å². The minimum Gasteiger partial charge on any atom is -0.465 e. The molecule has 1 aliphatic rings. The number of nitrogens with zero attached hydrogens (tertiary/aromatic N) is 3. The molecule has 1 heterocycles. The van der Waals surface area contributed by atoms with E-state index in [1.165, 1.54) is 9.91 Å². The van der Waals surface area contributed by atoms with Gasteiger partial charge in [0.15, 0.2) is 0 Å². The zero-order valence-corrected chi connectivity index (χ0v) is 5.93. The number of piperazine rings is 1. The molecule has 0 spiro atoms. The van der Waals surface area contributed by atoms with Gasteiger partial charge < -0.3 is 10.0 Å². The molecule has 0 unspecified atom stereocenters. The molecule has 62 valence electrons. The maximum Gasteiger partial charge on any atom is 0.407 e. The fraction of sp³-hybridized carbons (Fsp3) is 0.800. The Morgan fingerprint density at radius 3 is 2.18 bits per heavy atom. The molecule has 1 N–H and O–H groups in total. The van der Waals surface area contributed by atoms with Crippen molar-refractivity contribution in [2.24, 2.45) is 5.29 Å². The number of amides is 1. The van der Waals surface area contributed by atoms with Crippen LogP contribution >= 0.6 is 0 Å². The lowest BCUT2D eigenvalue weighted by Gasteiger charge is -2.28. The van der Waals surface area contributed by atoms with Gasteiger partial charge in [-0.05, 0) is 0 Å². The second kappa shape index (κ2) is 3.18. The lowest BCUT2D eigenvalue weighted by Crippen LogP contribution is -2.46. The molecule has 0 radical (unpaired) electrons. The SMILES string of the molecule is O=NN1CCN(C(=O)O)CC1. The monoisotopic (exact) mass is 159 g/mol. The first-order valence-electron chi connectivity index (χ1n) is 3.30. The van der Waals surface area contributed by atoms with Gasteiger partial charge in [-0.15, -0.1) is 4.91 Å². The Hall–Kier alpha value is -1.33. The number of nitroso groups, excluding NO2 is 1. The maximum absolute atomic E-state index is 10.3. The van der Waals surface area contributed by atoms with Gasteiger partial charge >= 0.3 is 6.09 Å². The normalized spacial score (nSPS) is 18.2. The Morgan fingerprint density at radius 1 is 1.27 bits per heavy atom. The Labute approximate surface area is 63.3 Å². The summed E-state index contributed by atoms with van der Waals surface area (Å²) in [7, 11) is 0. The van der Waals surface area contributed by atoms with Gasteiger partial charge in [-0.1, -0.05) is 0 Å². The molecule has 1 saturated heterocycles. The summed E-state index contributed by atoms with van der Waals surface area (Å²) in [5.41, 5.74) is 0. The Morgan fingerprint density at radius 2 is 1.82 bits per heavy atom. The Kier molecular flexibility index (Phi) is 2.25. The van der Waals surface area contributed by atoms with E-state index in [0.29, 0.717) is 26.2 Å². The third-order valence-corrected chi connectivity index (χ3v) is 1.64. The minimum atomic E-state index is -0.935. The summed E-state index contributed by atoms with van der Waals surface area (Å²) in [6, 6.07) is 0. The molecular weight excluding hydrogens is 150 g/mol. The Balaban J connectivity index is 2.35. The van der Waals surface area contributed by atoms with E-state index < -0.39 is 6.09 Å². The van der Waals surface area contributed by atoms with Gasteiger partial charge in [0.2, 0.25) is 0 Å². The Bertz CT molecular complexity index is 164. The summed E-state index contributed by atoms with van der Waals surface area (Å²) in [4.78, 5) is 21.6. The predicted octanol–water partition coefficient (Wildman–Crippen LogP) is -0.0366. The van der Waals surface area contributed by atoms with Crippen molar-refractivity contribution in [2.45, 2.75) is 0 Å². The maximum atomic E-state index is 10.3. The highest BCUT2D eigenvalue weighted by Gasteiger charge is 2.19. The molecule has 1 fully saturated rings. The summed E-state index contributed by atoms with van der Waals surface area (Å²) >= 11 is 0. The molecule has 0 atom stereocenters. The van der Waals surface area contributed by atoms with Gasteiger partial charge in [0.05, 0.1) is 18.4 Å². The number of hydrogen-bond donors (Lipinski definition) is 1. The second-order valence-corrected chi connectivity index (χ2v) is 2.30. The molecule has 0 aliphatic carbocycles. The van der Waals surface area contributed by atoms with Crippen LogP contribution < -0.4 is 0 Å². The summed E-state index contributed by atoms with van der Waals surface area (Å²) in [5.74, 6) is 0. The molecule has 6 nitrogen and oxygen atoms in total. The largest absolute Gasteiger partial charge is 0.465 e. The van der Waals surface area contributed by atoms with Gasteiger partial charge in [-0.3, -0.25) is 5.01 Å². The number of carbonyl (C=O) groups is 1. The quantitative estimate of drug-likeness (QED) is 0.545. The van der Waals surface area contributed by atoms with Crippen LogP contribution in [0.5, 0.6) is 0 Å². The second-order valence-electron chi connectivity index (χ2n) is 2.30. The van der Waals surface area contributed by atoms with Gasteiger partial charge in [-0.25, -0.2) is 4.79 Å². The topological polar surface area (TPSA) is 73.2 Å². The van der Waals surface area contributed by atoms with E-state index in [1.54, 1.807) is 0 Å². The highest BCUT2D eigenvalue weighted by atomic mass is 16.4. The first-order chi connectivity index (χ1) is 5.24. The molecular formula is C5H9N3O3. The van der Waals surface area contributed by atoms with Crippen molar-refractivity contribution in [3.8, 4) is 0 Å². The summed E-state index contributed by atoms with van der Waals surface area (Å²) in [5, 5.41) is 12.5. The van der Waals surface area contributed by atoms with Crippen molar-refractivity contribution in [1.29, 1.82) is 0 Å². The van der Waals surface area contributed by atoms with E-state index in [-0.39, 0.29) is 0 Å². The van der Waals surface area contributed by atoms with Gasteiger partial charge in [0, 0.05) is 13.1 Å². The van der Waals surface area contributed by atoms with Crippen LogP contribution in [0.1, 0.15) is 0 Å². The molecule has 0 bridgehead atoms. The standard InChI is InChI=1S/C5H9N3O3/c9-5(10)7-1-3-8(6-11)4-2-7/h1-4H2,(H,9,10). The summed E-state index contributed by atoms with van der Waals surface area (Å²) in [6.07, 6.45) is -0.935. The van der Waals surface area contributed by atoms with Crippen LogP contribution in [0.3, 0.4) is 0 Å². The smallest absolute Gasteiger partial charge is 0.407 e. The molecule has 6 heteroatoms. The van der Waals surface area contributed by atoms with Crippen molar-refractivity contribution in [3.05, 3.63) is 4.91 Å². The van der Waals surface area contributed by atoms with Gasteiger partial charge in [0.1, 0.15) is 0 Å². The van der Waals surface area contributed by atoms with Crippen molar-refractivity contribution in [2.75, 3.05) is 26.2 Å². The molecule has 1 aliphatic heterocycles. The van der Waals surface area contributed by atoms with Crippen LogP contribution in [0, 0.1) is 4.91 Å². The van der Waals surface area contributed by atoms with Crippen LogP contribution in [0.2, 0.25) is 0 Å². The summed E-state index contributed by atoms with van der Waals surface area (Å²) in [6.45, 7) is 1.52. The zero-order chi connectivity index (χ0) is 8.27. The van der Waals surface area contributed by atoms with Crippen LogP contribution in [0.4, 0.5) is 4.79 Å². The molecule has 0 aromatic heterocycles. The first-order valence-corrected chi connectivity index (χ1v) is 3.30. The van der Waals surface area contributed by atoms with Crippen molar-refractivity contribution < 1.29 is 9.90 Å². The van der Waals surface area contributed by atoms with E-state index in [0.717, 1.165) is 0 Å². The highest BCUT2D eigenvalue weighted by Crippen LogP contribution is 2.00. The molecule has 1 amide bonds. The highest BCUT2D eigenvalue weighted by molar-refractivity contribution is 5.65. The first kappa shape index (κ1) is 7.77. The van der Waals surface area contributed by atoms with Gasteiger partial charge in [0.25, 0.3) is 0 Å². The predicted molar refractivity (Wildman–Crippen MR) is 37.0 cm³/mol. The van der Waals surface area contributed by atoms with E-state index in [1.807, 2.05) is 0 Å². The van der Waals surface area contributed by atoms with Crippen molar-refractivity contribution in [3.63, 3.8) is 0 Å². The van der Waals surface area contributed by atoms with E-state index >= 15 is 0 Å². The molecule has 1 rings (SSSR count). The number of hydrogen-bond acceptors (Lipinski definition) is 3. The van der Waals surface area contributed by atoms with Crippen LogP contribution in [-0.4, -0.2) is 47.3 Å². The lowest BCUT2D eigenvalue weighted by molar-refractivity contribution is 0.106. The minimum absolute atomic E-state index is 0.362. The van der Waals surface area contributed by atoms with Crippen LogP contribution in [0.15, 0.2) is 5.29 Å². The average Bonchev–Trinajstić information content (AvgIpc) is 2.05. The van der Waals surface area contributed by atoms with Crippen LogP contribution in [0.25, 0.3) is 0 Å². The van der Waals surface area contributed by atoms with E-state index in [4.69, 9.17) is 5.11 Å². The summed E-state index contributed by atoms with van der Waals surface area (Å²) < 4.78 is 0. The number of rotatable bonds is 1. The van der Waals surface area contributed by atoms with E-state index in [9.17, 15) is 9.70 Å². The zero-order valence-electron chi connectivity index (χ0n) is 5.93. The van der Waals surface area contributed by atoms with Crippen LogP contribution in [-0.2, 0) is 0 Å². The average molecular weight is 159 g/mol. The van der Waals surface area contributed by atoms with Gasteiger partial charge in [-0.2, -0.15) is 0 Å². The fourth-order valence-electron chi connectivity index (χ4n) is 0.969. The third-order valence-electron chi connectivity index (χ3n) is 1.64. The number of carboxylic acid groups (broad SMARTS) is 1. The molecule has 0 aromatic carbocycles. The van der Waals surface area contributed by atoms with Crippen molar-refractivity contribution >= 4 is 6.09 Å². The molecule has 0 saturated carbocycles.